The number of nitrogens with zero attached hydrogens (tertiary/aromatic N) is 4. The average molecular weight is 396 g/mol. The minimum atomic E-state index is -0.392. The van der Waals surface area contributed by atoms with E-state index in [-0.39, 0.29) is 0 Å². The molecule has 28 heavy (non-hydrogen) atoms. The molecule has 0 aliphatic heterocycles. The third kappa shape index (κ3) is 3.48. The Morgan fingerprint density at radius 2 is 2.00 bits per heavy atom. The molecule has 0 saturated heterocycles. The van der Waals surface area contributed by atoms with E-state index in [1.165, 1.54) is 7.11 Å². The first-order valence-electron chi connectivity index (χ1n) is 8.83. The zero-order valence-corrected chi connectivity index (χ0v) is 16.5. The van der Waals surface area contributed by atoms with Gasteiger partial charge >= 0.3 is 5.97 Å². The van der Waals surface area contributed by atoms with Crippen molar-refractivity contribution in [2.24, 2.45) is 0 Å². The Balaban J connectivity index is 1.62. The van der Waals surface area contributed by atoms with Gasteiger partial charge in [0.15, 0.2) is 10.8 Å². The third-order valence-corrected chi connectivity index (χ3v) is 5.44. The minimum Gasteiger partial charge on any atom is -0.465 e. The van der Waals surface area contributed by atoms with E-state index in [2.05, 4.69) is 15.6 Å². The molecule has 0 amide bonds. The third-order valence-electron chi connectivity index (χ3n) is 4.43. The number of hydrogen-bond acceptors (Lipinski definition) is 6. The van der Waals surface area contributed by atoms with Crippen molar-refractivity contribution in [1.82, 2.24) is 18.9 Å². The molecule has 0 radical (unpaired) electrons. The SMILES string of the molecule is COCCn1c(SCc2cn3cccc(C(=O)OC)c3n2)nc2ccccc21. The molecule has 3 aromatic heterocycles. The lowest BCUT2D eigenvalue weighted by Crippen LogP contribution is -2.05. The summed E-state index contributed by atoms with van der Waals surface area (Å²) in [5.74, 6) is 0.246. The molecule has 0 saturated carbocycles. The van der Waals surface area contributed by atoms with E-state index in [0.717, 1.165) is 28.4 Å². The Bertz CT molecular complexity index is 1140. The molecular weight excluding hydrogens is 376 g/mol. The predicted octanol–water partition coefficient (Wildman–Crippen LogP) is 3.41. The van der Waals surface area contributed by atoms with Crippen molar-refractivity contribution >= 4 is 34.4 Å². The second-order valence-electron chi connectivity index (χ2n) is 6.19. The van der Waals surface area contributed by atoms with Crippen LogP contribution >= 0.6 is 11.8 Å². The molecule has 0 spiro atoms. The van der Waals surface area contributed by atoms with Crippen LogP contribution in [0.4, 0.5) is 0 Å². The quantitative estimate of drug-likeness (QED) is 0.352. The van der Waals surface area contributed by atoms with Gasteiger partial charge in [-0.1, -0.05) is 23.9 Å². The highest BCUT2D eigenvalue weighted by Crippen LogP contribution is 2.27. The maximum absolute atomic E-state index is 12.0. The number of aromatic nitrogens is 4. The number of benzene rings is 1. The summed E-state index contributed by atoms with van der Waals surface area (Å²) >= 11 is 1.62. The van der Waals surface area contributed by atoms with E-state index in [4.69, 9.17) is 14.5 Å². The summed E-state index contributed by atoms with van der Waals surface area (Å²) in [5.41, 5.74) is 3.97. The molecular formula is C20H20N4O3S. The first-order chi connectivity index (χ1) is 13.7. The van der Waals surface area contributed by atoms with Crippen LogP contribution in [0.3, 0.4) is 0 Å². The summed E-state index contributed by atoms with van der Waals surface area (Å²) in [4.78, 5) is 21.3. The van der Waals surface area contributed by atoms with Crippen molar-refractivity contribution in [2.45, 2.75) is 17.5 Å². The maximum atomic E-state index is 12.0. The standard InChI is InChI=1S/C20H20N4O3S/c1-26-11-10-24-17-8-4-3-7-16(17)22-20(24)28-13-14-12-23-9-5-6-15(18(23)21-14)19(25)27-2/h3-9,12H,10-11,13H2,1-2H3. The van der Waals surface area contributed by atoms with Gasteiger partial charge in [-0.05, 0) is 24.3 Å². The van der Waals surface area contributed by atoms with E-state index < -0.39 is 5.97 Å². The van der Waals surface area contributed by atoms with Crippen LogP contribution in [-0.4, -0.2) is 45.7 Å². The van der Waals surface area contributed by atoms with E-state index in [0.29, 0.717) is 23.6 Å². The molecule has 0 unspecified atom stereocenters. The Morgan fingerprint density at radius 3 is 2.82 bits per heavy atom. The Labute approximate surface area is 166 Å². The molecule has 0 aliphatic rings. The molecule has 0 N–H and O–H groups in total. The number of fused-ring (bicyclic) bond motifs is 2. The topological polar surface area (TPSA) is 70.7 Å². The molecule has 4 rings (SSSR count). The summed E-state index contributed by atoms with van der Waals surface area (Å²) in [5, 5.41) is 0.920. The number of methoxy groups -OCH3 is 2. The molecule has 1 aromatic carbocycles. The summed E-state index contributed by atoms with van der Waals surface area (Å²) in [6.45, 7) is 1.35. The zero-order valence-electron chi connectivity index (χ0n) is 15.7. The number of pyridine rings is 1. The first-order valence-corrected chi connectivity index (χ1v) is 9.81. The van der Waals surface area contributed by atoms with Crippen LogP contribution in [0.25, 0.3) is 16.7 Å². The number of rotatable bonds is 7. The number of hydrogen-bond donors (Lipinski definition) is 0. The molecule has 0 fully saturated rings. The van der Waals surface area contributed by atoms with Crippen LogP contribution in [0.15, 0.2) is 53.9 Å². The minimum absolute atomic E-state index is 0.392. The number of imidazole rings is 2. The highest BCUT2D eigenvalue weighted by molar-refractivity contribution is 7.98. The second kappa shape index (κ2) is 8.04. The molecule has 8 heteroatoms. The van der Waals surface area contributed by atoms with E-state index >= 15 is 0 Å². The summed E-state index contributed by atoms with van der Waals surface area (Å²) < 4.78 is 14.1. The summed E-state index contributed by atoms with van der Waals surface area (Å²) in [6.07, 6.45) is 3.80. The lowest BCUT2D eigenvalue weighted by Gasteiger charge is -2.07. The zero-order chi connectivity index (χ0) is 19.5. The Kier molecular flexibility index (Phi) is 5.31. The van der Waals surface area contributed by atoms with Crippen molar-refractivity contribution in [3.05, 3.63) is 60.0 Å². The van der Waals surface area contributed by atoms with E-state index in [1.807, 2.05) is 41.1 Å². The molecule has 4 aromatic rings. The van der Waals surface area contributed by atoms with Crippen LogP contribution in [-0.2, 0) is 21.8 Å². The van der Waals surface area contributed by atoms with Gasteiger partial charge in [-0.3, -0.25) is 0 Å². The number of para-hydroxylation sites is 2. The highest BCUT2D eigenvalue weighted by Gasteiger charge is 2.15. The van der Waals surface area contributed by atoms with Gasteiger partial charge in [-0.2, -0.15) is 0 Å². The molecule has 7 nitrogen and oxygen atoms in total. The van der Waals surface area contributed by atoms with Crippen molar-refractivity contribution < 1.29 is 14.3 Å². The lowest BCUT2D eigenvalue weighted by molar-refractivity contribution is 0.0602. The normalized spacial score (nSPS) is 11.4. The van der Waals surface area contributed by atoms with Crippen LogP contribution < -0.4 is 0 Å². The first kappa shape index (κ1) is 18.5. The van der Waals surface area contributed by atoms with Crippen LogP contribution in [0, 0.1) is 0 Å². The second-order valence-corrected chi connectivity index (χ2v) is 7.14. The number of esters is 1. The fourth-order valence-electron chi connectivity index (χ4n) is 3.10. The number of carbonyl (C=O) groups is 1. The largest absolute Gasteiger partial charge is 0.465 e. The van der Waals surface area contributed by atoms with Gasteiger partial charge in [0.1, 0.15) is 5.56 Å². The number of thioether (sulfide) groups is 1. The van der Waals surface area contributed by atoms with E-state index in [1.54, 1.807) is 24.9 Å². The fraction of sp³-hybridized carbons (Fsp3) is 0.250. The van der Waals surface area contributed by atoms with Gasteiger partial charge in [-0.25, -0.2) is 14.8 Å². The van der Waals surface area contributed by atoms with Crippen LogP contribution in [0.5, 0.6) is 0 Å². The monoisotopic (exact) mass is 396 g/mol. The van der Waals surface area contributed by atoms with Crippen LogP contribution in [0.1, 0.15) is 16.1 Å². The molecule has 0 bridgehead atoms. The average Bonchev–Trinajstić information content (AvgIpc) is 3.30. The van der Waals surface area contributed by atoms with Gasteiger partial charge < -0.3 is 18.4 Å². The van der Waals surface area contributed by atoms with E-state index in [9.17, 15) is 4.79 Å². The molecule has 0 aliphatic carbocycles. The fourth-order valence-corrected chi connectivity index (χ4v) is 4.03. The van der Waals surface area contributed by atoms with Gasteiger partial charge in [-0.15, -0.1) is 0 Å². The van der Waals surface area contributed by atoms with Crippen molar-refractivity contribution in [1.29, 1.82) is 0 Å². The summed E-state index contributed by atoms with van der Waals surface area (Å²) in [7, 11) is 3.07. The Morgan fingerprint density at radius 1 is 1.14 bits per heavy atom. The van der Waals surface area contributed by atoms with Gasteiger partial charge in [0, 0.05) is 31.8 Å². The molecule has 144 valence electrons. The molecule has 0 atom stereocenters. The molecule has 3 heterocycles. The van der Waals surface area contributed by atoms with Gasteiger partial charge in [0.25, 0.3) is 0 Å². The predicted molar refractivity (Wildman–Crippen MR) is 108 cm³/mol. The van der Waals surface area contributed by atoms with Crippen LogP contribution in [0.2, 0.25) is 0 Å². The summed E-state index contributed by atoms with van der Waals surface area (Å²) in [6, 6.07) is 11.6. The van der Waals surface area contributed by atoms with Gasteiger partial charge in [0.05, 0.1) is 30.4 Å². The van der Waals surface area contributed by atoms with Crippen molar-refractivity contribution in [2.75, 3.05) is 20.8 Å². The smallest absolute Gasteiger partial charge is 0.341 e. The maximum Gasteiger partial charge on any atom is 0.341 e. The van der Waals surface area contributed by atoms with Crippen molar-refractivity contribution in [3.8, 4) is 0 Å². The number of ether oxygens (including phenoxy) is 2. The highest BCUT2D eigenvalue weighted by atomic mass is 32.2. The Hall–Kier alpha value is -2.84. The van der Waals surface area contributed by atoms with Gasteiger partial charge in [0.2, 0.25) is 0 Å². The number of carbonyl (C=O) groups excluding carboxylic acids is 1. The lowest BCUT2D eigenvalue weighted by atomic mass is 10.3. The van der Waals surface area contributed by atoms with Crippen molar-refractivity contribution in [3.63, 3.8) is 0 Å².